The summed E-state index contributed by atoms with van der Waals surface area (Å²) in [5, 5.41) is 6.00. The SMILES string of the molecule is COCc1ccccc1CNC(=O)NC(C)c1ccc2c(c1)CCCC2. The van der Waals surface area contributed by atoms with E-state index in [1.54, 1.807) is 7.11 Å². The van der Waals surface area contributed by atoms with Crippen LogP contribution in [0.4, 0.5) is 4.79 Å². The molecule has 2 N–H and O–H groups in total. The highest BCUT2D eigenvalue weighted by Gasteiger charge is 2.14. The molecule has 0 heterocycles. The van der Waals surface area contributed by atoms with Crippen LogP contribution in [0.5, 0.6) is 0 Å². The van der Waals surface area contributed by atoms with Crippen LogP contribution in [0.2, 0.25) is 0 Å². The van der Waals surface area contributed by atoms with Crippen molar-refractivity contribution >= 4 is 6.03 Å². The number of urea groups is 1. The van der Waals surface area contributed by atoms with Crippen LogP contribution in [-0.4, -0.2) is 13.1 Å². The molecule has 4 nitrogen and oxygen atoms in total. The van der Waals surface area contributed by atoms with E-state index in [4.69, 9.17) is 4.74 Å². The number of fused-ring (bicyclic) bond motifs is 1. The van der Waals surface area contributed by atoms with Gasteiger partial charge in [0, 0.05) is 13.7 Å². The number of rotatable bonds is 6. The standard InChI is InChI=1S/C22H28N2O2/c1-16(18-12-11-17-7-3-4-8-19(17)13-18)24-22(25)23-14-20-9-5-6-10-21(20)15-26-2/h5-6,9-13,16H,3-4,7-8,14-15H2,1-2H3,(H2,23,24,25). The topological polar surface area (TPSA) is 50.4 Å². The molecule has 138 valence electrons. The lowest BCUT2D eigenvalue weighted by Gasteiger charge is -2.20. The molecule has 0 aromatic heterocycles. The molecule has 0 bridgehead atoms. The molecular weight excluding hydrogens is 324 g/mol. The fourth-order valence-corrected chi connectivity index (χ4v) is 3.56. The Bertz CT molecular complexity index is 758. The molecule has 0 saturated heterocycles. The zero-order chi connectivity index (χ0) is 18.4. The lowest BCUT2D eigenvalue weighted by molar-refractivity contribution is 0.184. The first-order chi connectivity index (χ1) is 12.7. The molecule has 2 amide bonds. The van der Waals surface area contributed by atoms with Gasteiger partial charge in [0.05, 0.1) is 12.6 Å². The Labute approximate surface area is 156 Å². The van der Waals surface area contributed by atoms with E-state index in [1.807, 2.05) is 31.2 Å². The Morgan fingerprint density at radius 3 is 2.58 bits per heavy atom. The van der Waals surface area contributed by atoms with Crippen molar-refractivity contribution < 1.29 is 9.53 Å². The van der Waals surface area contributed by atoms with Crippen molar-refractivity contribution in [3.63, 3.8) is 0 Å². The maximum Gasteiger partial charge on any atom is 0.315 e. The second-order valence-electron chi connectivity index (χ2n) is 6.99. The number of carbonyl (C=O) groups is 1. The van der Waals surface area contributed by atoms with Gasteiger partial charge in [0.25, 0.3) is 0 Å². The van der Waals surface area contributed by atoms with Gasteiger partial charge in [-0.1, -0.05) is 42.5 Å². The van der Waals surface area contributed by atoms with Crippen LogP contribution in [-0.2, 0) is 30.7 Å². The van der Waals surface area contributed by atoms with Crippen LogP contribution < -0.4 is 10.6 Å². The summed E-state index contributed by atoms with van der Waals surface area (Å²) in [5.41, 5.74) is 6.24. The average molecular weight is 352 g/mol. The summed E-state index contributed by atoms with van der Waals surface area (Å²) < 4.78 is 5.21. The Kier molecular flexibility index (Phi) is 6.29. The monoisotopic (exact) mass is 352 g/mol. The summed E-state index contributed by atoms with van der Waals surface area (Å²) in [4.78, 5) is 12.3. The summed E-state index contributed by atoms with van der Waals surface area (Å²) in [6.07, 6.45) is 4.88. The van der Waals surface area contributed by atoms with Crippen LogP contribution in [0, 0.1) is 0 Å². The summed E-state index contributed by atoms with van der Waals surface area (Å²) in [7, 11) is 1.68. The smallest absolute Gasteiger partial charge is 0.315 e. The second kappa shape index (κ2) is 8.86. The lowest BCUT2D eigenvalue weighted by Crippen LogP contribution is -2.36. The molecule has 3 rings (SSSR count). The van der Waals surface area contributed by atoms with Crippen LogP contribution in [0.3, 0.4) is 0 Å². The van der Waals surface area contributed by atoms with E-state index in [1.165, 1.54) is 36.0 Å². The molecule has 0 radical (unpaired) electrons. The van der Waals surface area contributed by atoms with E-state index in [2.05, 4.69) is 28.8 Å². The quantitative estimate of drug-likeness (QED) is 0.815. The summed E-state index contributed by atoms with van der Waals surface area (Å²) >= 11 is 0. The van der Waals surface area contributed by atoms with Crippen LogP contribution in [0.25, 0.3) is 0 Å². The number of amides is 2. The second-order valence-corrected chi connectivity index (χ2v) is 6.99. The first kappa shape index (κ1) is 18.5. The third-order valence-electron chi connectivity index (χ3n) is 5.08. The summed E-state index contributed by atoms with van der Waals surface area (Å²) in [6.45, 7) is 3.07. The number of benzene rings is 2. The predicted octanol–water partition coefficient (Wildman–Crippen LogP) is 4.27. The molecule has 1 atom stereocenters. The molecule has 2 aromatic rings. The Balaban J connectivity index is 1.56. The van der Waals surface area contributed by atoms with E-state index in [0.717, 1.165) is 17.5 Å². The molecule has 0 saturated carbocycles. The first-order valence-electron chi connectivity index (χ1n) is 9.39. The number of ether oxygens (including phenoxy) is 1. The van der Waals surface area contributed by atoms with Gasteiger partial charge in [-0.05, 0) is 60.4 Å². The number of aryl methyl sites for hydroxylation is 2. The maximum absolute atomic E-state index is 12.3. The fraction of sp³-hybridized carbons (Fsp3) is 0.409. The van der Waals surface area contributed by atoms with Crippen LogP contribution in [0.1, 0.15) is 53.6 Å². The van der Waals surface area contributed by atoms with Gasteiger partial charge < -0.3 is 15.4 Å². The molecule has 2 aromatic carbocycles. The van der Waals surface area contributed by atoms with E-state index < -0.39 is 0 Å². The van der Waals surface area contributed by atoms with Gasteiger partial charge in [0.1, 0.15) is 0 Å². The van der Waals surface area contributed by atoms with Gasteiger partial charge in [-0.2, -0.15) is 0 Å². The number of hydrogen-bond acceptors (Lipinski definition) is 2. The van der Waals surface area contributed by atoms with Gasteiger partial charge in [-0.3, -0.25) is 0 Å². The molecule has 0 aliphatic heterocycles. The highest BCUT2D eigenvalue weighted by Crippen LogP contribution is 2.24. The van der Waals surface area contributed by atoms with Crippen molar-refractivity contribution in [3.8, 4) is 0 Å². The van der Waals surface area contributed by atoms with Gasteiger partial charge in [0.15, 0.2) is 0 Å². The largest absolute Gasteiger partial charge is 0.380 e. The predicted molar refractivity (Wildman–Crippen MR) is 104 cm³/mol. The number of methoxy groups -OCH3 is 1. The molecule has 1 aliphatic rings. The number of carbonyl (C=O) groups excluding carboxylic acids is 1. The third-order valence-corrected chi connectivity index (χ3v) is 5.08. The van der Waals surface area contributed by atoms with E-state index in [-0.39, 0.29) is 12.1 Å². The zero-order valence-electron chi connectivity index (χ0n) is 15.7. The van der Waals surface area contributed by atoms with Crippen molar-refractivity contribution in [1.82, 2.24) is 10.6 Å². The molecule has 1 aliphatic carbocycles. The maximum atomic E-state index is 12.3. The first-order valence-corrected chi connectivity index (χ1v) is 9.39. The summed E-state index contributed by atoms with van der Waals surface area (Å²) in [5.74, 6) is 0. The molecule has 0 fully saturated rings. The highest BCUT2D eigenvalue weighted by molar-refractivity contribution is 5.74. The third kappa shape index (κ3) is 4.64. The minimum absolute atomic E-state index is 0.0172. The Morgan fingerprint density at radius 2 is 1.81 bits per heavy atom. The normalized spacial score (nSPS) is 14.4. The van der Waals surface area contributed by atoms with Gasteiger partial charge >= 0.3 is 6.03 Å². The van der Waals surface area contributed by atoms with Crippen molar-refractivity contribution in [2.24, 2.45) is 0 Å². The van der Waals surface area contributed by atoms with E-state index in [0.29, 0.717) is 13.2 Å². The molecule has 0 spiro atoms. The highest BCUT2D eigenvalue weighted by atomic mass is 16.5. The zero-order valence-corrected chi connectivity index (χ0v) is 15.7. The molecule has 4 heteroatoms. The van der Waals surface area contributed by atoms with E-state index in [9.17, 15) is 4.79 Å². The summed E-state index contributed by atoms with van der Waals surface area (Å²) in [6, 6.07) is 14.5. The van der Waals surface area contributed by atoms with Crippen molar-refractivity contribution in [2.75, 3.05) is 7.11 Å². The van der Waals surface area contributed by atoms with Crippen LogP contribution in [0.15, 0.2) is 42.5 Å². The van der Waals surface area contributed by atoms with Gasteiger partial charge in [-0.15, -0.1) is 0 Å². The average Bonchev–Trinajstić information content (AvgIpc) is 2.67. The Morgan fingerprint density at radius 1 is 1.08 bits per heavy atom. The van der Waals surface area contributed by atoms with Crippen molar-refractivity contribution in [3.05, 3.63) is 70.3 Å². The molecular formula is C22H28N2O2. The van der Waals surface area contributed by atoms with Crippen molar-refractivity contribution in [2.45, 2.75) is 51.8 Å². The minimum atomic E-state index is -0.151. The van der Waals surface area contributed by atoms with Crippen LogP contribution >= 0.6 is 0 Å². The number of nitrogens with one attached hydrogen (secondary N) is 2. The van der Waals surface area contributed by atoms with Crippen molar-refractivity contribution in [1.29, 1.82) is 0 Å². The van der Waals surface area contributed by atoms with E-state index >= 15 is 0 Å². The van der Waals surface area contributed by atoms with Gasteiger partial charge in [-0.25, -0.2) is 4.79 Å². The van der Waals surface area contributed by atoms with Gasteiger partial charge in [0.2, 0.25) is 0 Å². The number of hydrogen-bond donors (Lipinski definition) is 2. The fourth-order valence-electron chi connectivity index (χ4n) is 3.56. The molecule has 26 heavy (non-hydrogen) atoms. The lowest BCUT2D eigenvalue weighted by atomic mass is 9.89. The minimum Gasteiger partial charge on any atom is -0.380 e. The Hall–Kier alpha value is -2.33. The molecule has 1 unspecified atom stereocenters.